The van der Waals surface area contributed by atoms with Crippen molar-refractivity contribution in [1.29, 1.82) is 0 Å². The standard InChI is InChI=1S/C20H24N2O5/c1-4-25-16-5-7-17(8-6-16)26-12-19(23)21-22-20(24)13-27-18-10-14(2)9-15(3)11-18/h5-11H,4,12-13H2,1-3H3,(H,21,23)(H,22,24). The van der Waals surface area contributed by atoms with Crippen molar-refractivity contribution in [2.75, 3.05) is 19.8 Å². The number of ether oxygens (including phenoxy) is 3. The van der Waals surface area contributed by atoms with Crippen LogP contribution in [-0.2, 0) is 9.59 Å². The number of hydrazine groups is 1. The van der Waals surface area contributed by atoms with Crippen molar-refractivity contribution in [1.82, 2.24) is 10.9 Å². The Kier molecular flexibility index (Phi) is 7.49. The number of benzene rings is 2. The number of amides is 2. The van der Waals surface area contributed by atoms with E-state index < -0.39 is 11.8 Å². The highest BCUT2D eigenvalue weighted by Gasteiger charge is 2.07. The molecule has 0 saturated heterocycles. The van der Waals surface area contributed by atoms with E-state index in [1.165, 1.54) is 0 Å². The van der Waals surface area contributed by atoms with Crippen LogP contribution in [0.1, 0.15) is 18.1 Å². The van der Waals surface area contributed by atoms with Gasteiger partial charge in [-0.15, -0.1) is 0 Å². The van der Waals surface area contributed by atoms with Gasteiger partial charge >= 0.3 is 0 Å². The van der Waals surface area contributed by atoms with Crippen LogP contribution in [0.2, 0.25) is 0 Å². The molecular weight excluding hydrogens is 348 g/mol. The van der Waals surface area contributed by atoms with Crippen molar-refractivity contribution in [3.63, 3.8) is 0 Å². The number of hydrogen-bond donors (Lipinski definition) is 2. The molecule has 0 aliphatic rings. The summed E-state index contributed by atoms with van der Waals surface area (Å²) in [5, 5.41) is 0. The minimum Gasteiger partial charge on any atom is -0.494 e. The van der Waals surface area contributed by atoms with Crippen LogP contribution in [0, 0.1) is 13.8 Å². The summed E-state index contributed by atoms with van der Waals surface area (Å²) in [7, 11) is 0. The lowest BCUT2D eigenvalue weighted by atomic mass is 10.1. The van der Waals surface area contributed by atoms with Gasteiger partial charge in [0.05, 0.1) is 6.61 Å². The van der Waals surface area contributed by atoms with Crippen LogP contribution in [0.5, 0.6) is 17.2 Å². The van der Waals surface area contributed by atoms with Gasteiger partial charge in [-0.05, 0) is 68.3 Å². The molecule has 2 amide bonds. The van der Waals surface area contributed by atoms with E-state index in [0.29, 0.717) is 18.1 Å². The summed E-state index contributed by atoms with van der Waals surface area (Å²) in [6, 6.07) is 12.6. The first-order chi connectivity index (χ1) is 13.0. The molecule has 0 saturated carbocycles. The molecule has 0 unspecified atom stereocenters. The molecule has 7 heteroatoms. The van der Waals surface area contributed by atoms with Gasteiger partial charge in [-0.2, -0.15) is 0 Å². The number of aryl methyl sites for hydroxylation is 2. The van der Waals surface area contributed by atoms with E-state index in [0.717, 1.165) is 16.9 Å². The Hall–Kier alpha value is -3.22. The highest BCUT2D eigenvalue weighted by Crippen LogP contribution is 2.17. The average molecular weight is 372 g/mol. The summed E-state index contributed by atoms with van der Waals surface area (Å²) >= 11 is 0. The molecule has 2 aromatic carbocycles. The Balaban J connectivity index is 1.67. The van der Waals surface area contributed by atoms with E-state index in [1.807, 2.05) is 39.0 Å². The van der Waals surface area contributed by atoms with Crippen molar-refractivity contribution < 1.29 is 23.8 Å². The van der Waals surface area contributed by atoms with Crippen molar-refractivity contribution in [3.05, 3.63) is 53.6 Å². The van der Waals surface area contributed by atoms with Crippen LogP contribution in [-0.4, -0.2) is 31.6 Å². The van der Waals surface area contributed by atoms with Crippen molar-refractivity contribution in [2.24, 2.45) is 0 Å². The number of rotatable bonds is 8. The van der Waals surface area contributed by atoms with Crippen LogP contribution in [0.4, 0.5) is 0 Å². The van der Waals surface area contributed by atoms with E-state index in [9.17, 15) is 9.59 Å². The maximum atomic E-state index is 11.8. The van der Waals surface area contributed by atoms with Crippen LogP contribution in [0.25, 0.3) is 0 Å². The number of carbonyl (C=O) groups excluding carboxylic acids is 2. The molecule has 0 radical (unpaired) electrons. The van der Waals surface area contributed by atoms with Crippen molar-refractivity contribution in [3.8, 4) is 17.2 Å². The molecule has 0 heterocycles. The predicted octanol–water partition coefficient (Wildman–Crippen LogP) is 2.31. The predicted molar refractivity (Wildman–Crippen MR) is 101 cm³/mol. The zero-order valence-electron chi connectivity index (χ0n) is 15.7. The Labute approximate surface area is 158 Å². The van der Waals surface area contributed by atoms with Gasteiger partial charge in [0.25, 0.3) is 11.8 Å². The maximum Gasteiger partial charge on any atom is 0.276 e. The van der Waals surface area contributed by atoms with Gasteiger partial charge in [0, 0.05) is 0 Å². The fourth-order valence-corrected chi connectivity index (χ4v) is 2.32. The molecule has 0 bridgehead atoms. The largest absolute Gasteiger partial charge is 0.494 e. The normalized spacial score (nSPS) is 10.0. The molecule has 27 heavy (non-hydrogen) atoms. The SMILES string of the molecule is CCOc1ccc(OCC(=O)NNC(=O)COc2cc(C)cc(C)c2)cc1. The molecule has 7 nitrogen and oxygen atoms in total. The van der Waals surface area contributed by atoms with Crippen LogP contribution >= 0.6 is 0 Å². The highest BCUT2D eigenvalue weighted by atomic mass is 16.5. The molecule has 0 aliphatic carbocycles. The summed E-state index contributed by atoms with van der Waals surface area (Å²) < 4.78 is 16.1. The molecule has 0 atom stereocenters. The van der Waals surface area contributed by atoms with Crippen molar-refractivity contribution >= 4 is 11.8 Å². The second kappa shape index (κ2) is 10.1. The van der Waals surface area contributed by atoms with Gasteiger partial charge in [0.15, 0.2) is 13.2 Å². The van der Waals surface area contributed by atoms with E-state index in [1.54, 1.807) is 24.3 Å². The third-order valence-corrected chi connectivity index (χ3v) is 3.41. The van der Waals surface area contributed by atoms with Gasteiger partial charge in [0.1, 0.15) is 17.2 Å². The Morgan fingerprint density at radius 2 is 1.19 bits per heavy atom. The maximum absolute atomic E-state index is 11.8. The van der Waals surface area contributed by atoms with E-state index in [4.69, 9.17) is 14.2 Å². The zero-order chi connectivity index (χ0) is 19.6. The van der Waals surface area contributed by atoms with Crippen LogP contribution < -0.4 is 25.1 Å². The minimum absolute atomic E-state index is 0.205. The summed E-state index contributed by atoms with van der Waals surface area (Å²) in [6.45, 7) is 5.94. The van der Waals surface area contributed by atoms with Gasteiger partial charge in [-0.25, -0.2) is 0 Å². The van der Waals surface area contributed by atoms with Gasteiger partial charge < -0.3 is 14.2 Å². The monoisotopic (exact) mass is 372 g/mol. The summed E-state index contributed by atoms with van der Waals surface area (Å²) in [4.78, 5) is 23.5. The molecule has 0 spiro atoms. The third kappa shape index (κ3) is 7.27. The van der Waals surface area contributed by atoms with Gasteiger partial charge in [0.2, 0.25) is 0 Å². The Morgan fingerprint density at radius 1 is 0.741 bits per heavy atom. The van der Waals surface area contributed by atoms with Crippen molar-refractivity contribution in [2.45, 2.75) is 20.8 Å². The van der Waals surface area contributed by atoms with E-state index >= 15 is 0 Å². The highest BCUT2D eigenvalue weighted by molar-refractivity contribution is 5.83. The van der Waals surface area contributed by atoms with E-state index in [-0.39, 0.29) is 13.2 Å². The van der Waals surface area contributed by atoms with E-state index in [2.05, 4.69) is 10.9 Å². The third-order valence-electron chi connectivity index (χ3n) is 3.41. The summed E-state index contributed by atoms with van der Waals surface area (Å²) in [6.07, 6.45) is 0. The molecule has 0 aromatic heterocycles. The minimum atomic E-state index is -0.483. The number of nitrogens with one attached hydrogen (secondary N) is 2. The van der Waals surface area contributed by atoms with Crippen LogP contribution in [0.3, 0.4) is 0 Å². The lowest BCUT2D eigenvalue weighted by molar-refractivity contribution is -0.131. The molecule has 2 rings (SSSR count). The molecule has 144 valence electrons. The fraction of sp³-hybridized carbons (Fsp3) is 0.300. The lowest BCUT2D eigenvalue weighted by Crippen LogP contribution is -2.45. The molecule has 2 N–H and O–H groups in total. The Bertz CT molecular complexity index is 754. The second-order valence-electron chi connectivity index (χ2n) is 5.90. The van der Waals surface area contributed by atoms with Crippen LogP contribution in [0.15, 0.2) is 42.5 Å². The molecule has 0 aliphatic heterocycles. The first-order valence-electron chi connectivity index (χ1n) is 8.60. The van der Waals surface area contributed by atoms with Gasteiger partial charge in [-0.3, -0.25) is 20.4 Å². The second-order valence-corrected chi connectivity index (χ2v) is 5.90. The summed E-state index contributed by atoms with van der Waals surface area (Å²) in [5.74, 6) is 0.906. The topological polar surface area (TPSA) is 85.9 Å². The first kappa shape index (κ1) is 20.1. The number of hydrogen-bond acceptors (Lipinski definition) is 5. The number of carbonyl (C=O) groups is 2. The Morgan fingerprint density at radius 3 is 1.67 bits per heavy atom. The smallest absolute Gasteiger partial charge is 0.276 e. The molecule has 2 aromatic rings. The lowest BCUT2D eigenvalue weighted by Gasteiger charge is -2.11. The van der Waals surface area contributed by atoms with Gasteiger partial charge in [-0.1, -0.05) is 6.07 Å². The quantitative estimate of drug-likeness (QED) is 0.695. The zero-order valence-corrected chi connectivity index (χ0v) is 15.7. The average Bonchev–Trinajstić information content (AvgIpc) is 2.63. The first-order valence-corrected chi connectivity index (χ1v) is 8.60. The summed E-state index contributed by atoms with van der Waals surface area (Å²) in [5.41, 5.74) is 6.65. The fourth-order valence-electron chi connectivity index (χ4n) is 2.32. The molecule has 0 fully saturated rings. The molecular formula is C20H24N2O5.